The Morgan fingerprint density at radius 2 is 1.60 bits per heavy atom. The van der Waals surface area contributed by atoms with Gasteiger partial charge in [-0.05, 0) is 42.2 Å². The van der Waals surface area contributed by atoms with Crippen LogP contribution in [0.2, 0.25) is 5.02 Å². The lowest BCUT2D eigenvalue weighted by atomic mass is 9.96. The molecule has 0 aliphatic rings. The molecule has 0 amide bonds. The first kappa shape index (κ1) is 25.7. The number of nitrogens with zero attached hydrogens (tertiary/aromatic N) is 2. The molecule has 1 atom stereocenters. The normalized spacial score (nSPS) is 11.9. The maximum absolute atomic E-state index is 12.9. The fourth-order valence-electron chi connectivity index (χ4n) is 5.05. The zero-order valence-corrected chi connectivity index (χ0v) is 22.5. The van der Waals surface area contributed by atoms with E-state index in [1.165, 1.54) is 11.6 Å². The van der Waals surface area contributed by atoms with Crippen LogP contribution >= 0.6 is 11.6 Å². The van der Waals surface area contributed by atoms with Gasteiger partial charge in [0, 0.05) is 45.6 Å². The van der Waals surface area contributed by atoms with Crippen LogP contribution in [0.5, 0.6) is 5.75 Å². The lowest BCUT2D eigenvalue weighted by Crippen LogP contribution is -2.16. The summed E-state index contributed by atoms with van der Waals surface area (Å²) in [6.07, 6.45) is 6.55. The van der Waals surface area contributed by atoms with E-state index in [0.717, 1.165) is 34.1 Å². The molecule has 6 heteroatoms. The van der Waals surface area contributed by atoms with E-state index in [2.05, 4.69) is 29.2 Å². The van der Waals surface area contributed by atoms with Crippen LogP contribution < -0.4 is 10.4 Å². The van der Waals surface area contributed by atoms with E-state index in [0.29, 0.717) is 29.3 Å². The van der Waals surface area contributed by atoms with E-state index in [-0.39, 0.29) is 6.10 Å². The molecule has 0 fully saturated rings. The zero-order chi connectivity index (χ0) is 27.3. The van der Waals surface area contributed by atoms with Gasteiger partial charge in [-0.1, -0.05) is 90.5 Å². The highest BCUT2D eigenvalue weighted by Crippen LogP contribution is 2.38. The smallest absolute Gasteiger partial charge is 0.336 e. The molecule has 0 saturated heterocycles. The minimum atomic E-state index is -0.432. The maximum Gasteiger partial charge on any atom is 0.336 e. The van der Waals surface area contributed by atoms with E-state index in [4.69, 9.17) is 20.8 Å². The highest BCUT2D eigenvalue weighted by molar-refractivity contribution is 6.33. The van der Waals surface area contributed by atoms with E-state index < -0.39 is 5.63 Å². The Balaban J connectivity index is 1.49. The average molecular weight is 547 g/mol. The van der Waals surface area contributed by atoms with Crippen molar-refractivity contribution in [3.8, 4) is 16.9 Å². The number of benzene rings is 4. The predicted molar refractivity (Wildman–Crippen MR) is 159 cm³/mol. The Hall–Kier alpha value is -4.61. The summed E-state index contributed by atoms with van der Waals surface area (Å²) in [5.74, 6) is 0.678. The van der Waals surface area contributed by atoms with Gasteiger partial charge in [-0.2, -0.15) is 0 Å². The van der Waals surface area contributed by atoms with Crippen LogP contribution in [-0.4, -0.2) is 9.55 Å². The van der Waals surface area contributed by atoms with Crippen LogP contribution in [0.25, 0.3) is 22.1 Å². The van der Waals surface area contributed by atoms with Gasteiger partial charge in [0.05, 0.1) is 12.9 Å². The van der Waals surface area contributed by atoms with Gasteiger partial charge in [0.2, 0.25) is 0 Å². The summed E-state index contributed by atoms with van der Waals surface area (Å²) in [5, 5.41) is 1.39. The molecule has 0 aliphatic heterocycles. The molecule has 0 N–H and O–H groups in total. The molecular formula is C34H27ClN2O3. The Morgan fingerprint density at radius 3 is 2.35 bits per heavy atom. The molecule has 1 unspecified atom stereocenters. The lowest BCUT2D eigenvalue weighted by Gasteiger charge is -2.23. The SMILES string of the molecule is O=c1cc(-c2ccccc2Cl)c2ccc(OC(Cn3ccnc3)c3ccccc3)c(CCc3ccccc3)c2o1. The molecule has 0 spiro atoms. The molecule has 6 rings (SSSR count). The summed E-state index contributed by atoms with van der Waals surface area (Å²) < 4.78 is 14.7. The lowest BCUT2D eigenvalue weighted by molar-refractivity contribution is 0.181. The molecule has 0 aliphatic carbocycles. The fraction of sp³-hybridized carbons (Fsp3) is 0.118. The number of fused-ring (bicyclic) bond motifs is 1. The number of imidazole rings is 1. The second-order valence-corrected chi connectivity index (χ2v) is 10.0. The van der Waals surface area contributed by atoms with Crippen molar-refractivity contribution < 1.29 is 9.15 Å². The number of hydrogen-bond donors (Lipinski definition) is 0. The Kier molecular flexibility index (Phi) is 7.47. The number of hydrogen-bond acceptors (Lipinski definition) is 4. The third kappa shape index (κ3) is 5.56. The van der Waals surface area contributed by atoms with Crippen molar-refractivity contribution in [1.82, 2.24) is 9.55 Å². The highest BCUT2D eigenvalue weighted by atomic mass is 35.5. The van der Waals surface area contributed by atoms with Crippen LogP contribution in [0.3, 0.4) is 0 Å². The van der Waals surface area contributed by atoms with Gasteiger partial charge in [0.25, 0.3) is 0 Å². The molecule has 0 radical (unpaired) electrons. The molecule has 198 valence electrons. The number of ether oxygens (including phenoxy) is 1. The van der Waals surface area contributed by atoms with Crippen LogP contribution in [0.1, 0.15) is 22.8 Å². The summed E-state index contributed by atoms with van der Waals surface area (Å²) >= 11 is 6.56. The fourth-order valence-corrected chi connectivity index (χ4v) is 5.28. The van der Waals surface area contributed by atoms with Crippen molar-refractivity contribution in [3.05, 3.63) is 154 Å². The second kappa shape index (κ2) is 11.6. The van der Waals surface area contributed by atoms with Crippen molar-refractivity contribution in [1.29, 1.82) is 0 Å². The van der Waals surface area contributed by atoms with Crippen molar-refractivity contribution in [2.75, 3.05) is 0 Å². The first-order valence-electron chi connectivity index (χ1n) is 13.2. The van der Waals surface area contributed by atoms with E-state index in [9.17, 15) is 4.79 Å². The number of aryl methyl sites for hydroxylation is 2. The van der Waals surface area contributed by atoms with Crippen molar-refractivity contribution >= 4 is 22.6 Å². The minimum absolute atomic E-state index is 0.290. The summed E-state index contributed by atoms with van der Waals surface area (Å²) in [4.78, 5) is 17.1. The standard InChI is InChI=1S/C34H27ClN2O3/c35-30-14-8-7-13-26(30)29-21-33(38)40-34-27(29)17-18-31(28(34)16-15-24-9-3-1-4-10-24)39-32(22-37-20-19-36-23-37)25-11-5-2-6-12-25/h1-14,17-21,23,32H,15-16,22H2. The van der Waals surface area contributed by atoms with Gasteiger partial charge in [0.15, 0.2) is 0 Å². The molecule has 40 heavy (non-hydrogen) atoms. The van der Waals surface area contributed by atoms with Crippen LogP contribution in [0.4, 0.5) is 0 Å². The number of aromatic nitrogens is 2. The van der Waals surface area contributed by atoms with E-state index in [1.54, 1.807) is 12.5 Å². The van der Waals surface area contributed by atoms with Gasteiger partial charge in [-0.15, -0.1) is 0 Å². The quantitative estimate of drug-likeness (QED) is 0.173. The summed E-state index contributed by atoms with van der Waals surface area (Å²) in [6.45, 7) is 0.573. The van der Waals surface area contributed by atoms with Crippen LogP contribution in [0.15, 0.2) is 131 Å². The molecule has 0 saturated carbocycles. The minimum Gasteiger partial charge on any atom is -0.483 e. The molecule has 2 aromatic heterocycles. The van der Waals surface area contributed by atoms with Gasteiger partial charge < -0.3 is 13.7 Å². The van der Waals surface area contributed by atoms with Crippen molar-refractivity contribution in [3.63, 3.8) is 0 Å². The Morgan fingerprint density at radius 1 is 0.850 bits per heavy atom. The van der Waals surface area contributed by atoms with Gasteiger partial charge in [0.1, 0.15) is 17.4 Å². The zero-order valence-electron chi connectivity index (χ0n) is 21.7. The summed E-state index contributed by atoms with van der Waals surface area (Å²) in [7, 11) is 0. The summed E-state index contributed by atoms with van der Waals surface area (Å²) in [6, 6.07) is 33.4. The molecule has 4 aromatic carbocycles. The monoisotopic (exact) mass is 546 g/mol. The van der Waals surface area contributed by atoms with Crippen LogP contribution in [-0.2, 0) is 19.4 Å². The summed E-state index contributed by atoms with van der Waals surface area (Å²) in [5.41, 5.74) is 4.68. The predicted octanol–water partition coefficient (Wildman–Crippen LogP) is 7.92. The third-order valence-electron chi connectivity index (χ3n) is 7.02. The molecule has 6 aromatic rings. The largest absolute Gasteiger partial charge is 0.483 e. The first-order valence-corrected chi connectivity index (χ1v) is 13.6. The van der Waals surface area contributed by atoms with Gasteiger partial charge in [-0.25, -0.2) is 9.78 Å². The number of halogens is 1. The van der Waals surface area contributed by atoms with Crippen molar-refractivity contribution in [2.45, 2.75) is 25.5 Å². The first-order chi connectivity index (χ1) is 19.7. The van der Waals surface area contributed by atoms with E-state index in [1.807, 2.05) is 83.6 Å². The number of rotatable bonds is 9. The average Bonchev–Trinajstić information content (AvgIpc) is 3.50. The highest BCUT2D eigenvalue weighted by Gasteiger charge is 2.21. The van der Waals surface area contributed by atoms with Crippen molar-refractivity contribution in [2.24, 2.45) is 0 Å². The van der Waals surface area contributed by atoms with E-state index >= 15 is 0 Å². The molecule has 2 heterocycles. The maximum atomic E-state index is 12.9. The molecule has 0 bridgehead atoms. The van der Waals surface area contributed by atoms with Crippen LogP contribution in [0, 0.1) is 0 Å². The van der Waals surface area contributed by atoms with Gasteiger partial charge in [-0.3, -0.25) is 0 Å². The Labute approximate surface area is 237 Å². The third-order valence-corrected chi connectivity index (χ3v) is 7.35. The second-order valence-electron chi connectivity index (χ2n) is 9.64. The molecule has 5 nitrogen and oxygen atoms in total. The molecular weight excluding hydrogens is 520 g/mol. The topological polar surface area (TPSA) is 57.3 Å². The van der Waals surface area contributed by atoms with Gasteiger partial charge >= 0.3 is 5.63 Å². The Bertz CT molecular complexity index is 1780.